The van der Waals surface area contributed by atoms with Crippen LogP contribution in [-0.2, 0) is 0 Å². The molecule has 1 amide bonds. The van der Waals surface area contributed by atoms with Gasteiger partial charge in [-0.1, -0.05) is 5.16 Å². The normalized spacial score (nSPS) is 11.8. The zero-order chi connectivity index (χ0) is 12.8. The molecule has 17 heavy (non-hydrogen) atoms. The number of nitrogens with two attached hydrogens (primary N) is 1. The summed E-state index contributed by atoms with van der Waals surface area (Å²) in [6, 6.07) is 0.0314. The molecule has 94 valence electrons. The molecular formula is C10H17N5O2. The largest absolute Gasteiger partial charge is 0.409 e. The second-order valence-corrected chi connectivity index (χ2v) is 3.92. The summed E-state index contributed by atoms with van der Waals surface area (Å²) >= 11 is 0. The number of nitrogens with zero attached hydrogens (tertiary/aromatic N) is 3. The van der Waals surface area contributed by atoms with Gasteiger partial charge in [0.05, 0.1) is 11.8 Å². The first-order valence-corrected chi connectivity index (χ1v) is 5.32. The minimum Gasteiger partial charge on any atom is -0.409 e. The molecule has 0 atom stereocenters. The van der Waals surface area contributed by atoms with Crippen LogP contribution in [0.15, 0.2) is 17.5 Å². The maximum atomic E-state index is 12.1. The number of oxime groups is 1. The highest BCUT2D eigenvalue weighted by molar-refractivity contribution is 5.94. The number of aromatic amines is 1. The third-order valence-electron chi connectivity index (χ3n) is 2.37. The van der Waals surface area contributed by atoms with Crippen molar-refractivity contribution in [3.05, 3.63) is 18.0 Å². The Hall–Kier alpha value is -2.05. The van der Waals surface area contributed by atoms with E-state index in [1.54, 1.807) is 11.1 Å². The first kappa shape index (κ1) is 13.0. The van der Waals surface area contributed by atoms with Crippen molar-refractivity contribution < 1.29 is 10.0 Å². The highest BCUT2D eigenvalue weighted by atomic mass is 16.4. The summed E-state index contributed by atoms with van der Waals surface area (Å²) in [6.07, 6.45) is 3.35. The lowest BCUT2D eigenvalue weighted by Crippen LogP contribution is -2.39. The number of hydrogen-bond acceptors (Lipinski definition) is 4. The number of nitrogens with one attached hydrogen (secondary N) is 1. The quantitative estimate of drug-likeness (QED) is 0.299. The van der Waals surface area contributed by atoms with Gasteiger partial charge in [-0.2, -0.15) is 5.10 Å². The molecule has 7 heteroatoms. The van der Waals surface area contributed by atoms with Crippen LogP contribution in [0.1, 0.15) is 30.6 Å². The van der Waals surface area contributed by atoms with Gasteiger partial charge >= 0.3 is 0 Å². The average molecular weight is 239 g/mol. The van der Waals surface area contributed by atoms with Gasteiger partial charge in [-0.15, -0.1) is 0 Å². The molecule has 0 aliphatic heterocycles. The molecule has 1 rings (SSSR count). The van der Waals surface area contributed by atoms with Gasteiger partial charge in [-0.25, -0.2) is 0 Å². The van der Waals surface area contributed by atoms with E-state index in [1.165, 1.54) is 6.20 Å². The number of H-pyrrole nitrogens is 1. The maximum Gasteiger partial charge on any atom is 0.257 e. The minimum absolute atomic E-state index is 0.0314. The predicted octanol–water partition coefficient (Wildman–Crippen LogP) is 0.397. The zero-order valence-electron chi connectivity index (χ0n) is 9.92. The summed E-state index contributed by atoms with van der Waals surface area (Å²) in [5.41, 5.74) is 5.88. The summed E-state index contributed by atoms with van der Waals surface area (Å²) in [7, 11) is 0. The van der Waals surface area contributed by atoms with E-state index >= 15 is 0 Å². The van der Waals surface area contributed by atoms with Gasteiger partial charge in [0.2, 0.25) is 0 Å². The van der Waals surface area contributed by atoms with Gasteiger partial charge in [0.1, 0.15) is 5.84 Å². The van der Waals surface area contributed by atoms with Crippen LogP contribution in [0.4, 0.5) is 0 Å². The Bertz CT molecular complexity index is 385. The van der Waals surface area contributed by atoms with Crippen molar-refractivity contribution in [1.29, 1.82) is 0 Å². The first-order valence-electron chi connectivity index (χ1n) is 5.32. The summed E-state index contributed by atoms with van der Waals surface area (Å²) < 4.78 is 0. The van der Waals surface area contributed by atoms with Crippen LogP contribution < -0.4 is 5.73 Å². The predicted molar refractivity (Wildman–Crippen MR) is 62.8 cm³/mol. The number of carbonyl (C=O) groups is 1. The van der Waals surface area contributed by atoms with Crippen molar-refractivity contribution in [2.45, 2.75) is 26.3 Å². The molecule has 0 fully saturated rings. The number of amidine groups is 1. The monoisotopic (exact) mass is 239 g/mol. The standard InChI is InChI=1S/C10H17N5O2/c1-7(2)15(4-3-9(11)14-17)10(16)8-5-12-13-6-8/h5-7,17H,3-4H2,1-2H3,(H2,11,14)(H,12,13). The smallest absolute Gasteiger partial charge is 0.257 e. The van der Waals surface area contributed by atoms with Gasteiger partial charge in [0, 0.05) is 25.2 Å². The molecule has 4 N–H and O–H groups in total. The fourth-order valence-electron chi connectivity index (χ4n) is 1.41. The van der Waals surface area contributed by atoms with E-state index in [2.05, 4.69) is 15.4 Å². The SMILES string of the molecule is CC(C)N(CCC(N)=NO)C(=O)c1cn[nH]c1. The van der Waals surface area contributed by atoms with Crippen LogP contribution >= 0.6 is 0 Å². The van der Waals surface area contributed by atoms with Crippen LogP contribution in [0, 0.1) is 0 Å². The lowest BCUT2D eigenvalue weighted by molar-refractivity contribution is 0.0711. The summed E-state index contributed by atoms with van der Waals surface area (Å²) in [4.78, 5) is 13.7. The number of carbonyl (C=O) groups excluding carboxylic acids is 1. The molecule has 0 saturated heterocycles. The summed E-state index contributed by atoms with van der Waals surface area (Å²) in [5, 5.41) is 17.7. The molecule has 0 aromatic carbocycles. The van der Waals surface area contributed by atoms with Gasteiger partial charge in [0.25, 0.3) is 5.91 Å². The molecule has 1 aromatic rings. The van der Waals surface area contributed by atoms with Crippen molar-refractivity contribution in [3.8, 4) is 0 Å². The van der Waals surface area contributed by atoms with Gasteiger partial charge in [0.15, 0.2) is 0 Å². The molecule has 0 radical (unpaired) electrons. The van der Waals surface area contributed by atoms with E-state index in [-0.39, 0.29) is 17.8 Å². The fraction of sp³-hybridized carbons (Fsp3) is 0.500. The number of hydrogen-bond donors (Lipinski definition) is 3. The topological polar surface area (TPSA) is 108 Å². The molecule has 0 aliphatic carbocycles. The Labute approximate surface area is 99.3 Å². The van der Waals surface area contributed by atoms with E-state index in [0.29, 0.717) is 18.5 Å². The van der Waals surface area contributed by atoms with Crippen molar-refractivity contribution in [2.24, 2.45) is 10.9 Å². The van der Waals surface area contributed by atoms with Crippen molar-refractivity contribution in [2.75, 3.05) is 6.54 Å². The lowest BCUT2D eigenvalue weighted by atomic mass is 10.2. The number of aromatic nitrogens is 2. The molecule has 0 spiro atoms. The van der Waals surface area contributed by atoms with E-state index in [4.69, 9.17) is 10.9 Å². The van der Waals surface area contributed by atoms with Crippen LogP contribution in [0.5, 0.6) is 0 Å². The number of amides is 1. The van der Waals surface area contributed by atoms with Crippen molar-refractivity contribution >= 4 is 11.7 Å². The van der Waals surface area contributed by atoms with Crippen LogP contribution in [-0.4, -0.2) is 44.6 Å². The zero-order valence-corrected chi connectivity index (χ0v) is 9.92. The fourth-order valence-corrected chi connectivity index (χ4v) is 1.41. The van der Waals surface area contributed by atoms with E-state index in [1.807, 2.05) is 13.8 Å². The van der Waals surface area contributed by atoms with Crippen LogP contribution in [0.25, 0.3) is 0 Å². The van der Waals surface area contributed by atoms with Gasteiger partial charge in [-0.3, -0.25) is 9.89 Å². The van der Waals surface area contributed by atoms with Gasteiger partial charge < -0.3 is 15.8 Å². The van der Waals surface area contributed by atoms with Crippen LogP contribution in [0.2, 0.25) is 0 Å². The van der Waals surface area contributed by atoms with Gasteiger partial charge in [-0.05, 0) is 13.8 Å². The molecule has 0 bridgehead atoms. The Balaban J connectivity index is 2.70. The average Bonchev–Trinajstić information content (AvgIpc) is 2.81. The van der Waals surface area contributed by atoms with Crippen molar-refractivity contribution in [3.63, 3.8) is 0 Å². The molecule has 1 heterocycles. The molecule has 7 nitrogen and oxygen atoms in total. The highest BCUT2D eigenvalue weighted by Crippen LogP contribution is 2.07. The Morgan fingerprint density at radius 3 is 2.88 bits per heavy atom. The minimum atomic E-state index is -0.125. The molecule has 0 unspecified atom stereocenters. The summed E-state index contributed by atoms with van der Waals surface area (Å²) in [5.74, 6) is -0.0184. The number of rotatable bonds is 5. The third-order valence-corrected chi connectivity index (χ3v) is 2.37. The Morgan fingerprint density at radius 1 is 1.71 bits per heavy atom. The third kappa shape index (κ3) is 3.47. The molecule has 1 aromatic heterocycles. The van der Waals surface area contributed by atoms with E-state index < -0.39 is 0 Å². The van der Waals surface area contributed by atoms with Crippen molar-refractivity contribution in [1.82, 2.24) is 15.1 Å². The van der Waals surface area contributed by atoms with E-state index in [0.717, 1.165) is 0 Å². The lowest BCUT2D eigenvalue weighted by Gasteiger charge is -2.26. The molecule has 0 aliphatic rings. The Kier molecular flexibility index (Phi) is 4.50. The molecular weight excluding hydrogens is 222 g/mol. The maximum absolute atomic E-state index is 12.1. The summed E-state index contributed by atoms with van der Waals surface area (Å²) in [6.45, 7) is 4.21. The highest BCUT2D eigenvalue weighted by Gasteiger charge is 2.19. The van der Waals surface area contributed by atoms with Crippen LogP contribution in [0.3, 0.4) is 0 Å². The Morgan fingerprint density at radius 2 is 2.41 bits per heavy atom. The second kappa shape index (κ2) is 5.88. The second-order valence-electron chi connectivity index (χ2n) is 3.92. The molecule has 0 saturated carbocycles. The first-order chi connectivity index (χ1) is 8.06. The van der Waals surface area contributed by atoms with E-state index in [9.17, 15) is 4.79 Å².